The number of amides is 2. The highest BCUT2D eigenvalue weighted by Crippen LogP contribution is 2.14. The Morgan fingerprint density at radius 2 is 1.80 bits per heavy atom. The lowest BCUT2D eigenvalue weighted by atomic mass is 9.97. The quantitative estimate of drug-likeness (QED) is 0.503. The van der Waals surface area contributed by atoms with E-state index in [9.17, 15) is 9.59 Å². The smallest absolute Gasteiger partial charge is 0.314 e. The van der Waals surface area contributed by atoms with Crippen LogP contribution in [0.5, 0.6) is 0 Å². The standard InChI is InChI=1S/C14H29N3O3/c1-4-12(6-7-13(18)19)8-10-16-14(20)15-9-5-11-17(2)3/h12H,4-11H2,1-3H3,(H,18,19)(H2,15,16,20). The van der Waals surface area contributed by atoms with Crippen molar-refractivity contribution in [3.63, 3.8) is 0 Å². The summed E-state index contributed by atoms with van der Waals surface area (Å²) in [6.07, 6.45) is 3.58. The second kappa shape index (κ2) is 11.5. The Hall–Kier alpha value is -1.30. The molecule has 1 unspecified atom stereocenters. The molecule has 0 aliphatic heterocycles. The molecule has 0 fully saturated rings. The second-order valence-electron chi connectivity index (χ2n) is 5.33. The van der Waals surface area contributed by atoms with E-state index in [0.717, 1.165) is 25.8 Å². The number of urea groups is 1. The molecular formula is C14H29N3O3. The Labute approximate surface area is 121 Å². The number of carbonyl (C=O) groups excluding carboxylic acids is 1. The molecule has 0 aromatic rings. The Balaban J connectivity index is 3.60. The van der Waals surface area contributed by atoms with Gasteiger partial charge in [0.25, 0.3) is 0 Å². The fraction of sp³-hybridized carbons (Fsp3) is 0.857. The van der Waals surface area contributed by atoms with Gasteiger partial charge in [-0.15, -0.1) is 0 Å². The maximum atomic E-state index is 11.5. The minimum Gasteiger partial charge on any atom is -0.481 e. The van der Waals surface area contributed by atoms with E-state index in [0.29, 0.717) is 25.4 Å². The first-order valence-corrected chi connectivity index (χ1v) is 7.34. The minimum atomic E-state index is -0.755. The maximum Gasteiger partial charge on any atom is 0.314 e. The Bertz CT molecular complexity index is 283. The zero-order chi connectivity index (χ0) is 15.4. The van der Waals surface area contributed by atoms with Gasteiger partial charge >= 0.3 is 12.0 Å². The van der Waals surface area contributed by atoms with Crippen molar-refractivity contribution in [2.45, 2.75) is 39.0 Å². The lowest BCUT2D eigenvalue weighted by Crippen LogP contribution is -2.37. The van der Waals surface area contributed by atoms with Crippen LogP contribution in [0.15, 0.2) is 0 Å². The van der Waals surface area contributed by atoms with E-state index >= 15 is 0 Å². The number of carbonyl (C=O) groups is 2. The van der Waals surface area contributed by atoms with Gasteiger partial charge in [-0.05, 0) is 45.8 Å². The molecule has 2 amide bonds. The molecule has 0 radical (unpaired) electrons. The van der Waals surface area contributed by atoms with Crippen LogP contribution in [0, 0.1) is 5.92 Å². The number of nitrogens with one attached hydrogen (secondary N) is 2. The summed E-state index contributed by atoms with van der Waals surface area (Å²) < 4.78 is 0. The molecule has 0 bridgehead atoms. The van der Waals surface area contributed by atoms with Crippen molar-refractivity contribution in [3.05, 3.63) is 0 Å². The van der Waals surface area contributed by atoms with Crippen LogP contribution in [0.3, 0.4) is 0 Å². The first-order chi connectivity index (χ1) is 9.45. The van der Waals surface area contributed by atoms with Gasteiger partial charge in [-0.3, -0.25) is 4.79 Å². The van der Waals surface area contributed by atoms with Gasteiger partial charge in [0.2, 0.25) is 0 Å². The normalized spacial score (nSPS) is 12.2. The van der Waals surface area contributed by atoms with Crippen molar-refractivity contribution in [2.75, 3.05) is 33.7 Å². The summed E-state index contributed by atoms with van der Waals surface area (Å²) in [5.74, 6) is -0.393. The molecule has 6 nitrogen and oxygen atoms in total. The van der Waals surface area contributed by atoms with Gasteiger partial charge in [0.1, 0.15) is 0 Å². The van der Waals surface area contributed by atoms with Crippen molar-refractivity contribution in [2.24, 2.45) is 5.92 Å². The predicted octanol–water partition coefficient (Wildman–Crippen LogP) is 1.52. The minimum absolute atomic E-state index is 0.142. The zero-order valence-electron chi connectivity index (χ0n) is 12.9. The van der Waals surface area contributed by atoms with Gasteiger partial charge in [-0.25, -0.2) is 4.79 Å². The van der Waals surface area contributed by atoms with Gasteiger partial charge in [0.15, 0.2) is 0 Å². The summed E-state index contributed by atoms with van der Waals surface area (Å²) in [6, 6.07) is -0.142. The fourth-order valence-corrected chi connectivity index (χ4v) is 1.93. The van der Waals surface area contributed by atoms with Crippen molar-refractivity contribution in [1.82, 2.24) is 15.5 Å². The summed E-state index contributed by atoms with van der Waals surface area (Å²) in [5.41, 5.74) is 0. The molecule has 0 spiro atoms. The van der Waals surface area contributed by atoms with Gasteiger partial charge < -0.3 is 20.6 Å². The fourth-order valence-electron chi connectivity index (χ4n) is 1.93. The Kier molecular flexibility index (Phi) is 10.8. The molecule has 20 heavy (non-hydrogen) atoms. The molecule has 0 saturated carbocycles. The van der Waals surface area contributed by atoms with Crippen LogP contribution >= 0.6 is 0 Å². The van der Waals surface area contributed by atoms with Gasteiger partial charge in [-0.1, -0.05) is 13.3 Å². The molecule has 0 saturated heterocycles. The van der Waals surface area contributed by atoms with E-state index in [4.69, 9.17) is 5.11 Å². The maximum absolute atomic E-state index is 11.5. The van der Waals surface area contributed by atoms with E-state index < -0.39 is 5.97 Å². The van der Waals surface area contributed by atoms with Crippen LogP contribution in [0.4, 0.5) is 4.79 Å². The summed E-state index contributed by atoms with van der Waals surface area (Å²) in [5, 5.41) is 14.3. The monoisotopic (exact) mass is 287 g/mol. The van der Waals surface area contributed by atoms with Gasteiger partial charge in [0, 0.05) is 19.5 Å². The van der Waals surface area contributed by atoms with E-state index in [-0.39, 0.29) is 12.5 Å². The van der Waals surface area contributed by atoms with E-state index in [1.165, 1.54) is 0 Å². The average Bonchev–Trinajstić information content (AvgIpc) is 2.38. The zero-order valence-corrected chi connectivity index (χ0v) is 12.9. The molecule has 0 aromatic heterocycles. The van der Waals surface area contributed by atoms with Crippen molar-refractivity contribution < 1.29 is 14.7 Å². The number of carboxylic acid groups (broad SMARTS) is 1. The van der Waals surface area contributed by atoms with Gasteiger partial charge in [0.05, 0.1) is 0 Å². The van der Waals surface area contributed by atoms with Crippen molar-refractivity contribution in [3.8, 4) is 0 Å². The third-order valence-electron chi connectivity index (χ3n) is 3.25. The second-order valence-corrected chi connectivity index (χ2v) is 5.33. The first-order valence-electron chi connectivity index (χ1n) is 7.34. The number of hydrogen-bond acceptors (Lipinski definition) is 3. The van der Waals surface area contributed by atoms with Crippen LogP contribution in [0.2, 0.25) is 0 Å². The molecule has 0 aromatic carbocycles. The van der Waals surface area contributed by atoms with E-state index in [1.54, 1.807) is 0 Å². The predicted molar refractivity (Wildman–Crippen MR) is 79.8 cm³/mol. The van der Waals surface area contributed by atoms with Crippen LogP contribution < -0.4 is 10.6 Å². The SMILES string of the molecule is CCC(CCNC(=O)NCCCN(C)C)CCC(=O)O. The van der Waals surface area contributed by atoms with Crippen LogP contribution in [0.25, 0.3) is 0 Å². The number of hydrogen-bond donors (Lipinski definition) is 3. The van der Waals surface area contributed by atoms with Crippen LogP contribution in [0.1, 0.15) is 39.0 Å². The molecule has 3 N–H and O–H groups in total. The third-order valence-corrected chi connectivity index (χ3v) is 3.25. The summed E-state index contributed by atoms with van der Waals surface area (Å²) in [7, 11) is 4.00. The molecular weight excluding hydrogens is 258 g/mol. The van der Waals surface area contributed by atoms with Crippen LogP contribution in [-0.4, -0.2) is 55.7 Å². The van der Waals surface area contributed by atoms with Crippen molar-refractivity contribution in [1.29, 1.82) is 0 Å². The molecule has 0 heterocycles. The highest BCUT2D eigenvalue weighted by atomic mass is 16.4. The number of carboxylic acids is 1. The highest BCUT2D eigenvalue weighted by molar-refractivity contribution is 5.73. The lowest BCUT2D eigenvalue weighted by Gasteiger charge is -2.14. The largest absolute Gasteiger partial charge is 0.481 e. The van der Waals surface area contributed by atoms with E-state index in [1.807, 2.05) is 21.0 Å². The summed E-state index contributed by atoms with van der Waals surface area (Å²) in [6.45, 7) is 4.26. The van der Waals surface area contributed by atoms with Crippen molar-refractivity contribution >= 4 is 12.0 Å². The number of rotatable bonds is 11. The van der Waals surface area contributed by atoms with Crippen LogP contribution in [-0.2, 0) is 4.79 Å². The summed E-state index contributed by atoms with van der Waals surface area (Å²) >= 11 is 0. The molecule has 0 aliphatic carbocycles. The molecule has 6 heteroatoms. The summed E-state index contributed by atoms with van der Waals surface area (Å²) in [4.78, 5) is 24.1. The molecule has 0 rings (SSSR count). The molecule has 0 aliphatic rings. The Morgan fingerprint density at radius 3 is 2.35 bits per heavy atom. The first kappa shape index (κ1) is 18.7. The topological polar surface area (TPSA) is 81.7 Å². The lowest BCUT2D eigenvalue weighted by molar-refractivity contribution is -0.137. The Morgan fingerprint density at radius 1 is 1.15 bits per heavy atom. The highest BCUT2D eigenvalue weighted by Gasteiger charge is 2.09. The number of aliphatic carboxylic acids is 1. The number of nitrogens with zero attached hydrogens (tertiary/aromatic N) is 1. The molecule has 1 atom stereocenters. The van der Waals surface area contributed by atoms with Gasteiger partial charge in [-0.2, -0.15) is 0 Å². The third kappa shape index (κ3) is 11.8. The van der Waals surface area contributed by atoms with E-state index in [2.05, 4.69) is 15.5 Å². The average molecular weight is 287 g/mol. The molecule has 118 valence electrons.